The van der Waals surface area contributed by atoms with Crippen LogP contribution in [0.1, 0.15) is 18.4 Å². The number of rotatable bonds is 8. The molecule has 0 spiro atoms. The standard InChI is InChI=1S/C23H27N3O5S/c1-25(15-16-31-21-9-5-4-8-20(21)30-2)23(27)18-11-13-26(14-12-18)32(28,29)22-10-6-3-7-19(22)17-24/h3-10,18H,11-16H2,1-2H3. The van der Waals surface area contributed by atoms with Crippen LogP contribution in [0.25, 0.3) is 0 Å². The largest absolute Gasteiger partial charge is 0.493 e. The average molecular weight is 458 g/mol. The number of piperidine rings is 1. The van der Waals surface area contributed by atoms with Crippen molar-refractivity contribution >= 4 is 15.9 Å². The number of carbonyl (C=O) groups is 1. The summed E-state index contributed by atoms with van der Waals surface area (Å²) in [5, 5.41) is 9.23. The van der Waals surface area contributed by atoms with Crippen molar-refractivity contribution in [2.24, 2.45) is 5.92 Å². The van der Waals surface area contributed by atoms with Crippen LogP contribution in [-0.4, -0.2) is 63.9 Å². The summed E-state index contributed by atoms with van der Waals surface area (Å²) in [6, 6.07) is 15.4. The summed E-state index contributed by atoms with van der Waals surface area (Å²) in [5.74, 6) is 0.979. The fourth-order valence-electron chi connectivity index (χ4n) is 3.72. The van der Waals surface area contributed by atoms with Gasteiger partial charge in [0.15, 0.2) is 11.5 Å². The number of methoxy groups -OCH3 is 1. The van der Waals surface area contributed by atoms with E-state index >= 15 is 0 Å². The molecule has 1 heterocycles. The first-order chi connectivity index (χ1) is 15.4. The minimum absolute atomic E-state index is 0.0119. The molecule has 0 atom stereocenters. The number of nitrogens with zero attached hydrogens (tertiary/aromatic N) is 3. The van der Waals surface area contributed by atoms with Crippen LogP contribution in [0.4, 0.5) is 0 Å². The van der Waals surface area contributed by atoms with Crippen LogP contribution in [0.2, 0.25) is 0 Å². The van der Waals surface area contributed by atoms with Crippen LogP contribution in [0, 0.1) is 17.2 Å². The second-order valence-electron chi connectivity index (χ2n) is 7.55. The topological polar surface area (TPSA) is 99.9 Å². The number of sulfonamides is 1. The van der Waals surface area contributed by atoms with Gasteiger partial charge in [0.25, 0.3) is 0 Å². The van der Waals surface area contributed by atoms with E-state index in [1.54, 1.807) is 43.3 Å². The molecule has 0 unspecified atom stereocenters. The third kappa shape index (κ3) is 5.21. The molecular formula is C23H27N3O5S. The number of carbonyl (C=O) groups excluding carboxylic acids is 1. The molecule has 2 aromatic carbocycles. The molecule has 8 nitrogen and oxygen atoms in total. The summed E-state index contributed by atoms with van der Waals surface area (Å²) < 4.78 is 38.3. The van der Waals surface area contributed by atoms with Gasteiger partial charge < -0.3 is 14.4 Å². The van der Waals surface area contributed by atoms with Crippen molar-refractivity contribution in [3.05, 3.63) is 54.1 Å². The Morgan fingerprint density at radius 2 is 1.75 bits per heavy atom. The van der Waals surface area contributed by atoms with Gasteiger partial charge in [-0.25, -0.2) is 8.42 Å². The molecule has 1 aliphatic rings. The molecule has 1 fully saturated rings. The van der Waals surface area contributed by atoms with Crippen LogP contribution in [0.15, 0.2) is 53.4 Å². The summed E-state index contributed by atoms with van der Waals surface area (Å²) in [6.45, 7) is 1.21. The summed E-state index contributed by atoms with van der Waals surface area (Å²) in [4.78, 5) is 14.5. The van der Waals surface area contributed by atoms with Gasteiger partial charge in [0.05, 0.1) is 24.1 Å². The predicted molar refractivity (Wildman–Crippen MR) is 119 cm³/mol. The maximum atomic E-state index is 13.0. The van der Waals surface area contributed by atoms with Crippen LogP contribution < -0.4 is 9.47 Å². The van der Waals surface area contributed by atoms with Gasteiger partial charge in [0.1, 0.15) is 12.7 Å². The van der Waals surface area contributed by atoms with E-state index in [9.17, 15) is 18.5 Å². The van der Waals surface area contributed by atoms with Crippen LogP contribution in [0.5, 0.6) is 11.5 Å². The molecule has 0 N–H and O–H groups in total. The zero-order valence-electron chi connectivity index (χ0n) is 18.2. The maximum absolute atomic E-state index is 13.0. The second-order valence-corrected chi connectivity index (χ2v) is 9.45. The molecule has 170 valence electrons. The number of likely N-dealkylation sites (N-methyl/N-ethyl adjacent to an activating group) is 1. The molecule has 1 saturated heterocycles. The smallest absolute Gasteiger partial charge is 0.244 e. The summed E-state index contributed by atoms with van der Waals surface area (Å²) in [7, 11) is -0.476. The third-order valence-electron chi connectivity index (χ3n) is 5.56. The molecule has 0 saturated carbocycles. The highest BCUT2D eigenvalue weighted by atomic mass is 32.2. The monoisotopic (exact) mass is 457 g/mol. The van der Waals surface area contributed by atoms with E-state index in [1.165, 1.54) is 16.4 Å². The van der Waals surface area contributed by atoms with Gasteiger partial charge in [0.2, 0.25) is 15.9 Å². The van der Waals surface area contributed by atoms with Crippen molar-refractivity contribution in [3.63, 3.8) is 0 Å². The van der Waals surface area contributed by atoms with E-state index in [4.69, 9.17) is 9.47 Å². The predicted octanol–water partition coefficient (Wildman–Crippen LogP) is 2.50. The van der Waals surface area contributed by atoms with Crippen molar-refractivity contribution in [1.82, 2.24) is 9.21 Å². The fraction of sp³-hybridized carbons (Fsp3) is 0.391. The van der Waals surface area contributed by atoms with E-state index < -0.39 is 10.0 Å². The van der Waals surface area contributed by atoms with E-state index in [1.807, 2.05) is 18.2 Å². The third-order valence-corrected chi connectivity index (χ3v) is 7.51. The average Bonchev–Trinajstić information content (AvgIpc) is 2.83. The minimum Gasteiger partial charge on any atom is -0.493 e. The lowest BCUT2D eigenvalue weighted by molar-refractivity contribution is -0.135. The Labute approximate surface area is 189 Å². The zero-order chi connectivity index (χ0) is 23.1. The van der Waals surface area contributed by atoms with Crippen molar-refractivity contribution in [2.45, 2.75) is 17.7 Å². The zero-order valence-corrected chi connectivity index (χ0v) is 19.0. The Bertz CT molecular complexity index is 1090. The summed E-state index contributed by atoms with van der Waals surface area (Å²) in [6.07, 6.45) is 0.870. The Balaban J connectivity index is 1.53. The first-order valence-corrected chi connectivity index (χ1v) is 11.8. The van der Waals surface area contributed by atoms with Gasteiger partial charge in [0, 0.05) is 26.1 Å². The molecule has 0 aromatic heterocycles. The number of ether oxygens (including phenoxy) is 2. The van der Waals surface area contributed by atoms with Crippen molar-refractivity contribution in [2.75, 3.05) is 40.4 Å². The molecule has 1 aliphatic heterocycles. The van der Waals surface area contributed by atoms with Crippen LogP contribution >= 0.6 is 0 Å². The Morgan fingerprint density at radius 3 is 2.41 bits per heavy atom. The molecule has 32 heavy (non-hydrogen) atoms. The molecule has 0 bridgehead atoms. The summed E-state index contributed by atoms with van der Waals surface area (Å²) >= 11 is 0. The summed E-state index contributed by atoms with van der Waals surface area (Å²) in [5.41, 5.74) is 0.125. The molecule has 3 rings (SSSR count). The van der Waals surface area contributed by atoms with E-state index in [0.29, 0.717) is 37.5 Å². The molecule has 0 aliphatic carbocycles. The Kier molecular flexibility index (Phi) is 7.72. The first-order valence-electron chi connectivity index (χ1n) is 10.4. The number of hydrogen-bond donors (Lipinski definition) is 0. The van der Waals surface area contributed by atoms with Gasteiger partial charge in [-0.05, 0) is 37.1 Å². The SMILES string of the molecule is COc1ccccc1OCCN(C)C(=O)C1CCN(S(=O)(=O)c2ccccc2C#N)CC1. The van der Waals surface area contributed by atoms with Gasteiger partial charge in [-0.2, -0.15) is 9.57 Å². The second kappa shape index (κ2) is 10.5. The first kappa shape index (κ1) is 23.6. The fourth-order valence-corrected chi connectivity index (χ4v) is 5.33. The molecule has 2 aromatic rings. The lowest BCUT2D eigenvalue weighted by Gasteiger charge is -2.32. The van der Waals surface area contributed by atoms with E-state index in [0.717, 1.165) is 0 Å². The van der Waals surface area contributed by atoms with Gasteiger partial charge in [-0.15, -0.1) is 0 Å². The van der Waals surface area contributed by atoms with Crippen LogP contribution in [0.3, 0.4) is 0 Å². The Morgan fingerprint density at radius 1 is 1.12 bits per heavy atom. The van der Waals surface area contributed by atoms with E-state index in [2.05, 4.69) is 0 Å². The Hall–Kier alpha value is -3.09. The molecule has 9 heteroatoms. The van der Waals surface area contributed by atoms with Gasteiger partial charge in [-0.1, -0.05) is 24.3 Å². The number of para-hydroxylation sites is 2. The molecule has 0 radical (unpaired) electrons. The highest BCUT2D eigenvalue weighted by Gasteiger charge is 2.34. The lowest BCUT2D eigenvalue weighted by atomic mass is 9.97. The number of amides is 1. The maximum Gasteiger partial charge on any atom is 0.244 e. The molecule has 1 amide bonds. The van der Waals surface area contributed by atoms with Crippen molar-refractivity contribution < 1.29 is 22.7 Å². The normalized spacial score (nSPS) is 15.0. The molecular weight excluding hydrogens is 430 g/mol. The highest BCUT2D eigenvalue weighted by Crippen LogP contribution is 2.27. The number of hydrogen-bond acceptors (Lipinski definition) is 6. The van der Waals surface area contributed by atoms with E-state index in [-0.39, 0.29) is 35.4 Å². The van der Waals surface area contributed by atoms with Crippen LogP contribution in [-0.2, 0) is 14.8 Å². The quantitative estimate of drug-likeness (QED) is 0.604. The lowest BCUT2D eigenvalue weighted by Crippen LogP contribution is -2.44. The van der Waals surface area contributed by atoms with Gasteiger partial charge in [-0.3, -0.25) is 4.79 Å². The number of benzene rings is 2. The van der Waals surface area contributed by atoms with Crippen molar-refractivity contribution in [1.29, 1.82) is 5.26 Å². The highest BCUT2D eigenvalue weighted by molar-refractivity contribution is 7.89. The van der Waals surface area contributed by atoms with Crippen molar-refractivity contribution in [3.8, 4) is 17.6 Å². The number of nitriles is 1. The van der Waals surface area contributed by atoms with Gasteiger partial charge >= 0.3 is 0 Å². The minimum atomic E-state index is -3.77.